The van der Waals surface area contributed by atoms with Crippen molar-refractivity contribution in [3.8, 4) is 5.75 Å². The van der Waals surface area contributed by atoms with E-state index in [1.54, 1.807) is 13.0 Å². The fourth-order valence-corrected chi connectivity index (χ4v) is 4.09. The van der Waals surface area contributed by atoms with Gasteiger partial charge in [-0.2, -0.15) is 26.2 Å². The molecule has 2 N–H and O–H groups in total. The van der Waals surface area contributed by atoms with Crippen LogP contribution in [0.25, 0.3) is 0 Å². The van der Waals surface area contributed by atoms with Gasteiger partial charge in [0.05, 0.1) is 5.92 Å². The second-order valence-corrected chi connectivity index (χ2v) is 7.51. The molecule has 0 amide bonds. The van der Waals surface area contributed by atoms with E-state index in [1.807, 2.05) is 0 Å². The summed E-state index contributed by atoms with van der Waals surface area (Å²) in [5, 5.41) is 8.96. The molecular formula is C15H20F2N2O5S. The molecule has 0 spiro atoms. The Morgan fingerprint density at radius 3 is 2.56 bits per heavy atom. The van der Waals surface area contributed by atoms with Crippen LogP contribution in [0, 0.1) is 5.92 Å². The standard InChI is InChI=1S/C15H20F2N2O5S/c1-10(12-3-2-4-13(9-12)24-15(16)17)18-25(22,23)19-7-5-11(6-8-19)14(20)21/h2-4,9-11,15,18H,5-8H2,1H3,(H,20,21). The molecule has 1 saturated heterocycles. The summed E-state index contributed by atoms with van der Waals surface area (Å²) in [6.45, 7) is -1.14. The first-order chi connectivity index (χ1) is 11.7. The molecule has 25 heavy (non-hydrogen) atoms. The third-order valence-electron chi connectivity index (χ3n) is 4.05. The zero-order valence-corrected chi connectivity index (χ0v) is 14.4. The largest absolute Gasteiger partial charge is 0.481 e. The first kappa shape index (κ1) is 19.5. The molecule has 1 fully saturated rings. The molecule has 1 atom stereocenters. The van der Waals surface area contributed by atoms with E-state index in [4.69, 9.17) is 5.11 Å². The highest BCUT2D eigenvalue weighted by atomic mass is 32.2. The number of piperidine rings is 1. The predicted octanol–water partition coefficient (Wildman–Crippen LogP) is 1.98. The predicted molar refractivity (Wildman–Crippen MR) is 85.5 cm³/mol. The molecular weight excluding hydrogens is 358 g/mol. The Morgan fingerprint density at radius 1 is 1.36 bits per heavy atom. The normalized spacial score (nSPS) is 18.2. The minimum atomic E-state index is -3.81. The third kappa shape index (κ3) is 5.35. The molecule has 7 nitrogen and oxygen atoms in total. The highest BCUT2D eigenvalue weighted by Gasteiger charge is 2.31. The smallest absolute Gasteiger partial charge is 0.387 e. The van der Waals surface area contributed by atoms with Crippen LogP contribution in [-0.4, -0.2) is 43.5 Å². The van der Waals surface area contributed by atoms with Crippen LogP contribution in [0.1, 0.15) is 31.4 Å². The average Bonchev–Trinajstić information content (AvgIpc) is 2.54. The summed E-state index contributed by atoms with van der Waals surface area (Å²) in [6.07, 6.45) is 0.505. The van der Waals surface area contributed by atoms with Gasteiger partial charge in [0.25, 0.3) is 10.2 Å². The quantitative estimate of drug-likeness (QED) is 0.756. The molecule has 1 aliphatic heterocycles. The Labute approximate surface area is 144 Å². The number of carboxylic acid groups (broad SMARTS) is 1. The van der Waals surface area contributed by atoms with Gasteiger partial charge in [0.2, 0.25) is 0 Å². The van der Waals surface area contributed by atoms with Crippen LogP contribution < -0.4 is 9.46 Å². The molecule has 1 unspecified atom stereocenters. The van der Waals surface area contributed by atoms with Crippen LogP contribution in [0.2, 0.25) is 0 Å². The van der Waals surface area contributed by atoms with Crippen molar-refractivity contribution >= 4 is 16.2 Å². The van der Waals surface area contributed by atoms with Gasteiger partial charge in [-0.15, -0.1) is 0 Å². The van der Waals surface area contributed by atoms with Crippen LogP contribution in [0.5, 0.6) is 5.75 Å². The summed E-state index contributed by atoms with van der Waals surface area (Å²) in [6, 6.07) is 5.13. The Bertz CT molecular complexity index is 706. The first-order valence-electron chi connectivity index (χ1n) is 7.74. The minimum absolute atomic E-state index is 0.0548. The van der Waals surface area contributed by atoms with E-state index in [9.17, 15) is 22.0 Å². The molecule has 0 bridgehead atoms. The zero-order valence-electron chi connectivity index (χ0n) is 13.6. The van der Waals surface area contributed by atoms with Crippen molar-refractivity contribution in [2.75, 3.05) is 13.1 Å². The van der Waals surface area contributed by atoms with Crippen molar-refractivity contribution in [1.29, 1.82) is 0 Å². The molecule has 0 aliphatic carbocycles. The summed E-state index contributed by atoms with van der Waals surface area (Å²) in [5.41, 5.74) is 0.474. The van der Waals surface area contributed by atoms with E-state index in [0.29, 0.717) is 5.56 Å². The highest BCUT2D eigenvalue weighted by molar-refractivity contribution is 7.87. The van der Waals surface area contributed by atoms with Crippen molar-refractivity contribution in [2.45, 2.75) is 32.4 Å². The van der Waals surface area contributed by atoms with Crippen molar-refractivity contribution in [1.82, 2.24) is 9.03 Å². The first-order valence-corrected chi connectivity index (χ1v) is 9.18. The summed E-state index contributed by atoms with van der Waals surface area (Å²) in [4.78, 5) is 10.9. The highest BCUT2D eigenvalue weighted by Crippen LogP contribution is 2.23. The maximum atomic E-state index is 12.4. The number of nitrogens with one attached hydrogen (secondary N) is 1. The van der Waals surface area contributed by atoms with Crippen LogP contribution in [-0.2, 0) is 15.0 Å². The van der Waals surface area contributed by atoms with Gasteiger partial charge in [-0.1, -0.05) is 12.1 Å². The molecule has 140 valence electrons. The molecule has 0 aromatic heterocycles. The number of aliphatic carboxylic acids is 1. The van der Waals surface area contributed by atoms with E-state index in [-0.39, 0.29) is 31.7 Å². The van der Waals surface area contributed by atoms with E-state index in [2.05, 4.69) is 9.46 Å². The van der Waals surface area contributed by atoms with Gasteiger partial charge < -0.3 is 9.84 Å². The molecule has 1 heterocycles. The fourth-order valence-electron chi connectivity index (χ4n) is 2.67. The van der Waals surface area contributed by atoms with E-state index in [0.717, 1.165) is 0 Å². The molecule has 0 radical (unpaired) electrons. The van der Waals surface area contributed by atoms with Crippen LogP contribution in [0.4, 0.5) is 8.78 Å². The lowest BCUT2D eigenvalue weighted by Gasteiger charge is -2.30. The second kappa shape index (κ2) is 8.07. The summed E-state index contributed by atoms with van der Waals surface area (Å²) >= 11 is 0. The number of ether oxygens (including phenoxy) is 1. The van der Waals surface area contributed by atoms with Gasteiger partial charge in [-0.05, 0) is 37.5 Å². The molecule has 0 saturated carbocycles. The number of carbonyl (C=O) groups is 1. The number of rotatable bonds is 7. The second-order valence-electron chi connectivity index (χ2n) is 5.81. The van der Waals surface area contributed by atoms with Crippen LogP contribution >= 0.6 is 0 Å². The molecule has 1 aliphatic rings. The third-order valence-corrected chi connectivity index (χ3v) is 5.75. The maximum absolute atomic E-state index is 12.4. The maximum Gasteiger partial charge on any atom is 0.387 e. The van der Waals surface area contributed by atoms with Crippen molar-refractivity contribution in [3.63, 3.8) is 0 Å². The Hall–Kier alpha value is -1.78. The van der Waals surface area contributed by atoms with Crippen LogP contribution in [0.3, 0.4) is 0 Å². The number of hydrogen-bond donors (Lipinski definition) is 2. The number of carboxylic acids is 1. The van der Waals surface area contributed by atoms with Gasteiger partial charge in [-0.3, -0.25) is 4.79 Å². The number of halogens is 2. The zero-order chi connectivity index (χ0) is 18.6. The summed E-state index contributed by atoms with van der Waals surface area (Å²) in [5.74, 6) is -1.51. The van der Waals surface area contributed by atoms with Gasteiger partial charge >= 0.3 is 12.6 Å². The molecule has 2 rings (SSSR count). The molecule has 10 heteroatoms. The Balaban J connectivity index is 2.01. The number of benzene rings is 1. The lowest BCUT2D eigenvalue weighted by Crippen LogP contribution is -2.46. The topological polar surface area (TPSA) is 95.9 Å². The summed E-state index contributed by atoms with van der Waals surface area (Å²) in [7, 11) is -3.81. The lowest BCUT2D eigenvalue weighted by atomic mass is 9.99. The van der Waals surface area contributed by atoms with Gasteiger partial charge in [0.15, 0.2) is 0 Å². The molecule has 1 aromatic rings. The SMILES string of the molecule is CC(NS(=O)(=O)N1CCC(C(=O)O)CC1)c1cccc(OC(F)F)c1. The average molecular weight is 378 g/mol. The van der Waals surface area contributed by atoms with Crippen molar-refractivity contribution in [2.24, 2.45) is 5.92 Å². The van der Waals surface area contributed by atoms with Gasteiger partial charge in [0, 0.05) is 19.1 Å². The Kier molecular flexibility index (Phi) is 6.31. The minimum Gasteiger partial charge on any atom is -0.481 e. The number of hydrogen-bond acceptors (Lipinski definition) is 4. The lowest BCUT2D eigenvalue weighted by molar-refractivity contribution is -0.142. The number of nitrogens with zero attached hydrogens (tertiary/aromatic N) is 1. The van der Waals surface area contributed by atoms with Gasteiger partial charge in [-0.25, -0.2) is 0 Å². The van der Waals surface area contributed by atoms with Crippen LogP contribution in [0.15, 0.2) is 24.3 Å². The van der Waals surface area contributed by atoms with Crippen molar-refractivity contribution < 1.29 is 31.8 Å². The number of alkyl halides is 2. The van der Waals surface area contributed by atoms with Gasteiger partial charge in [0.1, 0.15) is 5.75 Å². The van der Waals surface area contributed by atoms with E-state index >= 15 is 0 Å². The van der Waals surface area contributed by atoms with E-state index in [1.165, 1.54) is 22.5 Å². The van der Waals surface area contributed by atoms with E-state index < -0.39 is 34.7 Å². The summed E-state index contributed by atoms with van der Waals surface area (Å²) < 4.78 is 57.4. The van der Waals surface area contributed by atoms with Crippen molar-refractivity contribution in [3.05, 3.63) is 29.8 Å². The molecule has 1 aromatic carbocycles. The monoisotopic (exact) mass is 378 g/mol. The fraction of sp³-hybridized carbons (Fsp3) is 0.533. The Morgan fingerprint density at radius 2 is 2.00 bits per heavy atom.